The largest absolute Gasteiger partial charge is 0.457 e. The fourth-order valence-electron chi connectivity index (χ4n) is 3.78. The number of hydrogen-bond acceptors (Lipinski definition) is 4. The van der Waals surface area contributed by atoms with Crippen LogP contribution in [-0.2, 0) is 9.59 Å². The van der Waals surface area contributed by atoms with E-state index in [0.717, 1.165) is 43.1 Å². The van der Waals surface area contributed by atoms with E-state index in [1.54, 1.807) is 4.90 Å². The van der Waals surface area contributed by atoms with Crippen molar-refractivity contribution in [2.75, 3.05) is 24.5 Å². The number of carbonyl (C=O) groups excluding carboxylic acids is 2. The number of anilines is 1. The van der Waals surface area contributed by atoms with E-state index >= 15 is 0 Å². The molecule has 0 spiro atoms. The molecule has 1 unspecified atom stereocenters. The normalized spacial score (nSPS) is 19.5. The molecule has 2 aromatic rings. The number of rotatable bonds is 5. The summed E-state index contributed by atoms with van der Waals surface area (Å²) in [6.45, 7) is 2.27. The van der Waals surface area contributed by atoms with Gasteiger partial charge in [-0.1, -0.05) is 18.2 Å². The molecule has 2 N–H and O–H groups in total. The molecule has 2 aromatic carbocycles. The van der Waals surface area contributed by atoms with E-state index in [1.165, 1.54) is 0 Å². The number of halogens is 1. The minimum Gasteiger partial charge on any atom is -0.457 e. The molecule has 1 atom stereocenters. The first-order valence-corrected chi connectivity index (χ1v) is 9.83. The molecule has 0 bridgehead atoms. The van der Waals surface area contributed by atoms with Crippen molar-refractivity contribution in [2.45, 2.75) is 25.3 Å². The van der Waals surface area contributed by atoms with Gasteiger partial charge in [0.25, 0.3) is 0 Å². The lowest BCUT2D eigenvalue weighted by atomic mass is 9.97. The Labute approximate surface area is 177 Å². The zero-order valence-electron chi connectivity index (χ0n) is 16.2. The maximum absolute atomic E-state index is 12.5. The first-order chi connectivity index (χ1) is 13.7. The summed E-state index contributed by atoms with van der Waals surface area (Å²) in [5, 5.41) is 6.33. The van der Waals surface area contributed by atoms with Gasteiger partial charge in [0.1, 0.15) is 11.5 Å². The van der Waals surface area contributed by atoms with Gasteiger partial charge >= 0.3 is 0 Å². The topological polar surface area (TPSA) is 70.7 Å². The Bertz CT molecular complexity index is 823. The minimum absolute atomic E-state index is 0. The molecule has 2 aliphatic heterocycles. The molecule has 2 heterocycles. The Morgan fingerprint density at radius 2 is 1.66 bits per heavy atom. The number of para-hydroxylation sites is 1. The Kier molecular flexibility index (Phi) is 7.12. The zero-order chi connectivity index (χ0) is 19.3. The van der Waals surface area contributed by atoms with Crippen LogP contribution in [0.3, 0.4) is 0 Å². The SMILES string of the molecule is Cl.O=C(NC1CC(=O)N(c2ccc(Oc3ccccc3)cc2)C1)C1CCNCC1. The molecule has 7 heteroatoms. The summed E-state index contributed by atoms with van der Waals surface area (Å²) in [5.74, 6) is 1.66. The second kappa shape index (κ2) is 9.76. The maximum Gasteiger partial charge on any atom is 0.229 e. The minimum atomic E-state index is -0.130. The summed E-state index contributed by atoms with van der Waals surface area (Å²) in [6, 6.07) is 16.9. The standard InChI is InChI=1S/C22H25N3O3.ClH/c26-21-14-17(24-22(27)16-10-12-23-13-11-16)15-25(21)18-6-8-20(9-7-18)28-19-4-2-1-3-5-19;/h1-9,16-17,23H,10-15H2,(H,24,27);1H. The molecule has 2 amide bonds. The number of ether oxygens (including phenoxy) is 1. The average Bonchev–Trinajstić information content (AvgIpc) is 3.10. The highest BCUT2D eigenvalue weighted by atomic mass is 35.5. The number of hydrogen-bond donors (Lipinski definition) is 2. The average molecular weight is 416 g/mol. The number of carbonyl (C=O) groups is 2. The predicted molar refractivity (Wildman–Crippen MR) is 115 cm³/mol. The van der Waals surface area contributed by atoms with E-state index in [2.05, 4.69) is 10.6 Å². The van der Waals surface area contributed by atoms with Gasteiger partial charge in [-0.15, -0.1) is 12.4 Å². The van der Waals surface area contributed by atoms with Crippen molar-refractivity contribution in [1.29, 1.82) is 0 Å². The highest BCUT2D eigenvalue weighted by Crippen LogP contribution is 2.27. The summed E-state index contributed by atoms with van der Waals surface area (Å²) >= 11 is 0. The van der Waals surface area contributed by atoms with E-state index in [0.29, 0.717) is 13.0 Å². The first-order valence-electron chi connectivity index (χ1n) is 9.83. The third-order valence-electron chi connectivity index (χ3n) is 5.31. The van der Waals surface area contributed by atoms with Crippen LogP contribution in [0.4, 0.5) is 5.69 Å². The molecule has 4 rings (SSSR count). The van der Waals surface area contributed by atoms with Crippen LogP contribution < -0.4 is 20.3 Å². The quantitative estimate of drug-likeness (QED) is 0.787. The van der Waals surface area contributed by atoms with Crippen LogP contribution in [0.15, 0.2) is 54.6 Å². The second-order valence-electron chi connectivity index (χ2n) is 7.35. The predicted octanol–water partition coefficient (Wildman–Crippen LogP) is 3.12. The first kappa shape index (κ1) is 21.1. The molecule has 29 heavy (non-hydrogen) atoms. The Balaban J connectivity index is 0.00000240. The second-order valence-corrected chi connectivity index (χ2v) is 7.35. The molecule has 0 saturated carbocycles. The smallest absolute Gasteiger partial charge is 0.229 e. The molecule has 2 saturated heterocycles. The van der Waals surface area contributed by atoms with Crippen molar-refractivity contribution in [3.63, 3.8) is 0 Å². The lowest BCUT2D eigenvalue weighted by molar-refractivity contribution is -0.126. The maximum atomic E-state index is 12.5. The molecule has 2 fully saturated rings. The Hall–Kier alpha value is -2.57. The van der Waals surface area contributed by atoms with Gasteiger partial charge in [0.15, 0.2) is 0 Å². The van der Waals surface area contributed by atoms with Crippen molar-refractivity contribution in [1.82, 2.24) is 10.6 Å². The third kappa shape index (κ3) is 5.28. The Morgan fingerprint density at radius 1 is 1.00 bits per heavy atom. The highest BCUT2D eigenvalue weighted by molar-refractivity contribution is 5.97. The van der Waals surface area contributed by atoms with Gasteiger partial charge in [-0.2, -0.15) is 0 Å². The number of piperidine rings is 1. The van der Waals surface area contributed by atoms with E-state index in [-0.39, 0.29) is 36.2 Å². The summed E-state index contributed by atoms with van der Waals surface area (Å²) in [5.41, 5.74) is 0.823. The molecular weight excluding hydrogens is 390 g/mol. The fourth-order valence-corrected chi connectivity index (χ4v) is 3.78. The van der Waals surface area contributed by atoms with Crippen molar-refractivity contribution in [3.8, 4) is 11.5 Å². The van der Waals surface area contributed by atoms with Gasteiger partial charge in [0.05, 0.1) is 6.04 Å². The lowest BCUT2D eigenvalue weighted by Crippen LogP contribution is -2.43. The van der Waals surface area contributed by atoms with Gasteiger partial charge in [0.2, 0.25) is 11.8 Å². The van der Waals surface area contributed by atoms with Crippen LogP contribution in [0.2, 0.25) is 0 Å². The van der Waals surface area contributed by atoms with Gasteiger partial charge in [-0.05, 0) is 62.3 Å². The highest BCUT2D eigenvalue weighted by Gasteiger charge is 2.33. The van der Waals surface area contributed by atoms with Gasteiger partial charge < -0.3 is 20.3 Å². The number of nitrogens with zero attached hydrogens (tertiary/aromatic N) is 1. The van der Waals surface area contributed by atoms with Crippen LogP contribution in [-0.4, -0.2) is 37.5 Å². The zero-order valence-corrected chi connectivity index (χ0v) is 17.0. The molecule has 154 valence electrons. The van der Waals surface area contributed by atoms with Gasteiger partial charge in [0, 0.05) is 24.6 Å². The number of nitrogens with one attached hydrogen (secondary N) is 2. The monoisotopic (exact) mass is 415 g/mol. The van der Waals surface area contributed by atoms with E-state index in [4.69, 9.17) is 4.74 Å². The van der Waals surface area contributed by atoms with Crippen molar-refractivity contribution in [3.05, 3.63) is 54.6 Å². The molecule has 6 nitrogen and oxygen atoms in total. The number of amides is 2. The molecule has 2 aliphatic rings. The van der Waals surface area contributed by atoms with Crippen LogP contribution in [0, 0.1) is 5.92 Å². The Morgan fingerprint density at radius 3 is 2.34 bits per heavy atom. The van der Waals surface area contributed by atoms with Gasteiger partial charge in [-0.3, -0.25) is 9.59 Å². The van der Waals surface area contributed by atoms with Crippen LogP contribution in [0.25, 0.3) is 0 Å². The summed E-state index contributed by atoms with van der Waals surface area (Å²) in [6.07, 6.45) is 2.07. The van der Waals surface area contributed by atoms with Crippen molar-refractivity contribution in [2.24, 2.45) is 5.92 Å². The van der Waals surface area contributed by atoms with Gasteiger partial charge in [-0.25, -0.2) is 0 Å². The fraction of sp³-hybridized carbons (Fsp3) is 0.364. The molecule has 0 aromatic heterocycles. The number of benzene rings is 2. The third-order valence-corrected chi connectivity index (χ3v) is 5.31. The molecule has 0 radical (unpaired) electrons. The van der Waals surface area contributed by atoms with Crippen molar-refractivity contribution < 1.29 is 14.3 Å². The lowest BCUT2D eigenvalue weighted by Gasteiger charge is -2.23. The van der Waals surface area contributed by atoms with Crippen LogP contribution in [0.1, 0.15) is 19.3 Å². The molecular formula is C22H26ClN3O3. The summed E-state index contributed by atoms with van der Waals surface area (Å²) < 4.78 is 5.80. The van der Waals surface area contributed by atoms with Crippen molar-refractivity contribution >= 4 is 29.9 Å². The summed E-state index contributed by atoms with van der Waals surface area (Å²) in [7, 11) is 0. The van der Waals surface area contributed by atoms with E-state index in [1.807, 2.05) is 54.6 Å². The molecule has 0 aliphatic carbocycles. The van der Waals surface area contributed by atoms with E-state index < -0.39 is 0 Å². The van der Waals surface area contributed by atoms with Crippen LogP contribution >= 0.6 is 12.4 Å². The summed E-state index contributed by atoms with van der Waals surface area (Å²) in [4.78, 5) is 26.6. The van der Waals surface area contributed by atoms with Crippen LogP contribution in [0.5, 0.6) is 11.5 Å². The van der Waals surface area contributed by atoms with E-state index in [9.17, 15) is 9.59 Å².